The van der Waals surface area contributed by atoms with Crippen molar-refractivity contribution in [3.05, 3.63) is 28.8 Å². The smallest absolute Gasteiger partial charge is 0.306 e. The van der Waals surface area contributed by atoms with E-state index in [0.29, 0.717) is 25.2 Å². The van der Waals surface area contributed by atoms with Gasteiger partial charge in [0.05, 0.1) is 6.61 Å². The molecule has 0 saturated heterocycles. The Morgan fingerprint density at radius 1 is 0.839 bits per heavy atom. The van der Waals surface area contributed by atoms with Crippen molar-refractivity contribution in [2.24, 2.45) is 0 Å². The molecule has 0 aliphatic rings. The van der Waals surface area contributed by atoms with E-state index in [1.165, 1.54) is 63.4 Å². The number of carbonyl (C=O) groups excluding carboxylic acids is 1. The maximum Gasteiger partial charge on any atom is 0.306 e. The van der Waals surface area contributed by atoms with Crippen molar-refractivity contribution in [2.75, 3.05) is 6.61 Å². The maximum absolute atomic E-state index is 12.1. The Hall–Kier alpha value is -1.51. The van der Waals surface area contributed by atoms with Crippen molar-refractivity contribution in [1.29, 1.82) is 0 Å². The number of aromatic hydroxyl groups is 1. The third-order valence-corrected chi connectivity index (χ3v) is 6.12. The Labute approximate surface area is 192 Å². The van der Waals surface area contributed by atoms with Crippen molar-refractivity contribution < 1.29 is 14.6 Å². The molecule has 31 heavy (non-hydrogen) atoms. The summed E-state index contributed by atoms with van der Waals surface area (Å²) < 4.78 is 5.42. The van der Waals surface area contributed by atoms with E-state index in [4.69, 9.17) is 4.74 Å². The molecule has 0 heterocycles. The summed E-state index contributed by atoms with van der Waals surface area (Å²) in [5.74, 6) is 0.180. The van der Waals surface area contributed by atoms with E-state index in [1.54, 1.807) is 0 Å². The van der Waals surface area contributed by atoms with Crippen LogP contribution in [0.25, 0.3) is 0 Å². The number of phenolic OH excluding ortho intramolecular Hbond substituents is 1. The molecule has 178 valence electrons. The van der Waals surface area contributed by atoms with Crippen molar-refractivity contribution in [3.8, 4) is 5.75 Å². The van der Waals surface area contributed by atoms with Gasteiger partial charge in [-0.25, -0.2) is 0 Å². The molecule has 0 unspecified atom stereocenters. The first kappa shape index (κ1) is 27.5. The summed E-state index contributed by atoms with van der Waals surface area (Å²) in [5.41, 5.74) is 3.03. The summed E-state index contributed by atoms with van der Waals surface area (Å²) >= 11 is 0. The van der Waals surface area contributed by atoms with Crippen LogP contribution in [-0.2, 0) is 27.8 Å². The van der Waals surface area contributed by atoms with Crippen LogP contribution < -0.4 is 0 Å². The highest BCUT2D eigenvalue weighted by atomic mass is 16.5. The second-order valence-electron chi connectivity index (χ2n) is 10.0. The number of unbranched alkanes of at least 4 members (excludes halogenated alkanes) is 10. The Morgan fingerprint density at radius 3 is 1.87 bits per heavy atom. The molecular weight excluding hydrogens is 384 g/mol. The number of rotatable bonds is 16. The van der Waals surface area contributed by atoms with E-state index in [-0.39, 0.29) is 11.4 Å². The maximum atomic E-state index is 12.1. The predicted octanol–water partition coefficient (Wildman–Crippen LogP) is 8.04. The van der Waals surface area contributed by atoms with Crippen LogP contribution in [0.4, 0.5) is 0 Å². The van der Waals surface area contributed by atoms with Gasteiger partial charge in [-0.05, 0) is 41.4 Å². The van der Waals surface area contributed by atoms with Crippen molar-refractivity contribution in [1.82, 2.24) is 0 Å². The molecule has 0 aliphatic carbocycles. The third-order valence-electron chi connectivity index (χ3n) is 6.12. The van der Waals surface area contributed by atoms with Gasteiger partial charge in [0.1, 0.15) is 5.75 Å². The SMILES string of the molecule is CCCCCCCCCCCCCOC(=O)CCc1cc(C(C)(C)C)cc(CC)c1O. The normalized spacial score (nSPS) is 11.6. The monoisotopic (exact) mass is 432 g/mol. The van der Waals surface area contributed by atoms with Crippen molar-refractivity contribution in [2.45, 2.75) is 130 Å². The molecule has 1 aromatic rings. The van der Waals surface area contributed by atoms with Crippen LogP contribution in [0.3, 0.4) is 0 Å². The van der Waals surface area contributed by atoms with Crippen LogP contribution in [0.5, 0.6) is 5.75 Å². The molecule has 0 amide bonds. The fourth-order valence-corrected chi connectivity index (χ4v) is 3.91. The first-order valence-corrected chi connectivity index (χ1v) is 12.8. The average Bonchev–Trinajstić information content (AvgIpc) is 2.73. The zero-order chi connectivity index (χ0) is 23.1. The molecular formula is C28H48O3. The second-order valence-corrected chi connectivity index (χ2v) is 10.0. The van der Waals surface area contributed by atoms with Crippen LogP contribution in [0, 0.1) is 0 Å². The van der Waals surface area contributed by atoms with Gasteiger partial charge in [0.2, 0.25) is 0 Å². The number of hydrogen-bond acceptors (Lipinski definition) is 3. The summed E-state index contributed by atoms with van der Waals surface area (Å²) in [6, 6.07) is 4.13. The van der Waals surface area contributed by atoms with E-state index in [1.807, 2.05) is 13.0 Å². The standard InChI is InChI=1S/C28H48O3/c1-6-8-9-10-11-12-13-14-15-16-17-20-31-26(29)19-18-24-22-25(28(3,4)5)21-23(7-2)27(24)30/h21-22,30H,6-20H2,1-5H3. The summed E-state index contributed by atoms with van der Waals surface area (Å²) in [6.45, 7) is 11.3. The number of aryl methyl sites for hydroxylation is 2. The summed E-state index contributed by atoms with van der Waals surface area (Å²) in [7, 11) is 0. The first-order valence-electron chi connectivity index (χ1n) is 12.8. The highest BCUT2D eigenvalue weighted by Gasteiger charge is 2.18. The lowest BCUT2D eigenvalue weighted by Gasteiger charge is -2.22. The Balaban J connectivity index is 2.21. The molecule has 0 aliphatic heterocycles. The van der Waals surface area contributed by atoms with Crippen molar-refractivity contribution in [3.63, 3.8) is 0 Å². The van der Waals surface area contributed by atoms with Crippen LogP contribution in [0.15, 0.2) is 12.1 Å². The molecule has 1 rings (SSSR count). The third kappa shape index (κ3) is 11.6. The molecule has 1 aromatic carbocycles. The van der Waals surface area contributed by atoms with Gasteiger partial charge in [-0.1, -0.05) is 111 Å². The van der Waals surface area contributed by atoms with Crippen LogP contribution in [-0.4, -0.2) is 17.7 Å². The van der Waals surface area contributed by atoms with Crippen LogP contribution in [0.2, 0.25) is 0 Å². The lowest BCUT2D eigenvalue weighted by molar-refractivity contribution is -0.143. The van der Waals surface area contributed by atoms with E-state index in [2.05, 4.69) is 33.8 Å². The summed E-state index contributed by atoms with van der Waals surface area (Å²) in [5, 5.41) is 10.5. The van der Waals surface area contributed by atoms with Gasteiger partial charge in [-0.2, -0.15) is 0 Å². The zero-order valence-corrected chi connectivity index (χ0v) is 21.0. The molecule has 0 atom stereocenters. The number of phenols is 1. The summed E-state index contributed by atoms with van der Waals surface area (Å²) in [6.07, 6.45) is 15.8. The van der Waals surface area contributed by atoms with Gasteiger partial charge in [0.25, 0.3) is 0 Å². The van der Waals surface area contributed by atoms with Gasteiger partial charge in [-0.3, -0.25) is 4.79 Å². The van der Waals surface area contributed by atoms with Crippen LogP contribution in [0.1, 0.15) is 128 Å². The lowest BCUT2D eigenvalue weighted by Crippen LogP contribution is -2.13. The Morgan fingerprint density at radius 2 is 1.35 bits per heavy atom. The van der Waals surface area contributed by atoms with E-state index in [0.717, 1.165) is 30.4 Å². The Kier molecular flexibility index (Phi) is 13.6. The fraction of sp³-hybridized carbons (Fsp3) is 0.750. The second kappa shape index (κ2) is 15.3. The van der Waals surface area contributed by atoms with E-state index >= 15 is 0 Å². The zero-order valence-electron chi connectivity index (χ0n) is 21.0. The molecule has 3 heteroatoms. The molecule has 0 spiro atoms. The first-order chi connectivity index (χ1) is 14.8. The predicted molar refractivity (Wildman–Crippen MR) is 132 cm³/mol. The number of ether oxygens (including phenoxy) is 1. The number of carbonyl (C=O) groups is 1. The van der Waals surface area contributed by atoms with Gasteiger partial charge >= 0.3 is 5.97 Å². The molecule has 1 N–H and O–H groups in total. The Bertz CT molecular complexity index is 628. The van der Waals surface area contributed by atoms with Gasteiger partial charge in [0, 0.05) is 6.42 Å². The van der Waals surface area contributed by atoms with E-state index < -0.39 is 0 Å². The van der Waals surface area contributed by atoms with Gasteiger partial charge in [0.15, 0.2) is 0 Å². The molecule has 0 bridgehead atoms. The molecule has 3 nitrogen and oxygen atoms in total. The van der Waals surface area contributed by atoms with E-state index in [9.17, 15) is 9.90 Å². The minimum atomic E-state index is -0.161. The summed E-state index contributed by atoms with van der Waals surface area (Å²) in [4.78, 5) is 12.1. The average molecular weight is 433 g/mol. The molecule has 0 fully saturated rings. The van der Waals surface area contributed by atoms with Crippen LogP contribution >= 0.6 is 0 Å². The largest absolute Gasteiger partial charge is 0.507 e. The fourth-order valence-electron chi connectivity index (χ4n) is 3.91. The number of esters is 1. The van der Waals surface area contributed by atoms with Gasteiger partial charge < -0.3 is 9.84 Å². The topological polar surface area (TPSA) is 46.5 Å². The lowest BCUT2D eigenvalue weighted by atomic mass is 9.84. The highest BCUT2D eigenvalue weighted by Crippen LogP contribution is 2.32. The number of benzene rings is 1. The molecule has 0 radical (unpaired) electrons. The molecule has 0 aromatic heterocycles. The van der Waals surface area contributed by atoms with Crippen molar-refractivity contribution >= 4 is 5.97 Å². The minimum Gasteiger partial charge on any atom is -0.507 e. The van der Waals surface area contributed by atoms with Gasteiger partial charge in [-0.15, -0.1) is 0 Å². The quantitative estimate of drug-likeness (QED) is 0.212. The number of hydrogen-bond donors (Lipinski definition) is 1. The molecule has 0 saturated carbocycles. The minimum absolute atomic E-state index is 0.0158. The highest BCUT2D eigenvalue weighted by molar-refractivity contribution is 5.70.